The summed E-state index contributed by atoms with van der Waals surface area (Å²) in [5.74, 6) is -0.424. The summed E-state index contributed by atoms with van der Waals surface area (Å²) in [6.07, 6.45) is 1.86. The standard InChI is InChI=1S/C22H28FIN2O5S/c1-3-31-14-16-11-19(25-32(29,30)22(9-10-27)7-4-8-22)20(26(2)21(16)28)12-15-5-6-17(24)13-18(15)23/h5-6,11,13,25,27H,3-4,7-10,12,14H2,1-2H3. The van der Waals surface area contributed by atoms with Crippen LogP contribution in [-0.2, 0) is 34.8 Å². The molecule has 0 saturated heterocycles. The lowest BCUT2D eigenvalue weighted by molar-refractivity contribution is 0.133. The van der Waals surface area contributed by atoms with Gasteiger partial charge in [-0.05, 0) is 72.5 Å². The van der Waals surface area contributed by atoms with Crippen LogP contribution in [0, 0.1) is 9.39 Å². The van der Waals surface area contributed by atoms with Crippen molar-refractivity contribution in [3.05, 3.63) is 60.8 Å². The molecule has 0 bridgehead atoms. The predicted molar refractivity (Wildman–Crippen MR) is 130 cm³/mol. The lowest BCUT2D eigenvalue weighted by Gasteiger charge is -2.40. The molecule has 10 heteroatoms. The number of benzene rings is 1. The molecule has 1 saturated carbocycles. The van der Waals surface area contributed by atoms with Crippen LogP contribution in [0.3, 0.4) is 0 Å². The molecule has 2 N–H and O–H groups in total. The first-order chi connectivity index (χ1) is 15.1. The Balaban J connectivity index is 2.09. The second-order valence-corrected chi connectivity index (χ2v) is 11.4. The van der Waals surface area contributed by atoms with Gasteiger partial charge in [0.2, 0.25) is 10.0 Å². The fourth-order valence-corrected chi connectivity index (χ4v) is 6.30. The largest absolute Gasteiger partial charge is 0.396 e. The highest BCUT2D eigenvalue weighted by atomic mass is 127. The number of pyridine rings is 1. The highest BCUT2D eigenvalue weighted by molar-refractivity contribution is 14.1. The lowest BCUT2D eigenvalue weighted by atomic mass is 9.82. The van der Waals surface area contributed by atoms with Gasteiger partial charge in [0.15, 0.2) is 0 Å². The van der Waals surface area contributed by atoms with Crippen molar-refractivity contribution in [2.45, 2.75) is 50.4 Å². The zero-order valence-corrected chi connectivity index (χ0v) is 21.1. The minimum Gasteiger partial charge on any atom is -0.396 e. The van der Waals surface area contributed by atoms with Gasteiger partial charge in [-0.25, -0.2) is 12.8 Å². The third-order valence-electron chi connectivity index (χ3n) is 6.09. The molecule has 0 aliphatic heterocycles. The fraction of sp³-hybridized carbons (Fsp3) is 0.500. The molecule has 3 rings (SSSR count). The third kappa shape index (κ3) is 5.02. The maximum atomic E-state index is 14.6. The lowest BCUT2D eigenvalue weighted by Crippen LogP contribution is -2.49. The predicted octanol–water partition coefficient (Wildman–Crippen LogP) is 3.30. The Kier molecular flexibility index (Phi) is 8.00. The van der Waals surface area contributed by atoms with E-state index in [0.29, 0.717) is 36.3 Å². The van der Waals surface area contributed by atoms with E-state index in [1.54, 1.807) is 26.1 Å². The Labute approximate surface area is 201 Å². The van der Waals surface area contributed by atoms with Gasteiger partial charge in [0, 0.05) is 41.5 Å². The first-order valence-electron chi connectivity index (χ1n) is 10.5. The second-order valence-electron chi connectivity index (χ2n) is 8.06. The fourth-order valence-electron chi connectivity index (χ4n) is 3.98. The molecule has 0 amide bonds. The molecular formula is C22H28FIN2O5S. The average molecular weight is 578 g/mol. The van der Waals surface area contributed by atoms with E-state index in [2.05, 4.69) is 4.72 Å². The van der Waals surface area contributed by atoms with Crippen molar-refractivity contribution < 1.29 is 22.7 Å². The van der Waals surface area contributed by atoms with Gasteiger partial charge in [-0.3, -0.25) is 9.52 Å². The van der Waals surface area contributed by atoms with Crippen LogP contribution in [0.5, 0.6) is 0 Å². The number of aliphatic hydroxyl groups excluding tert-OH is 1. The minimum atomic E-state index is -3.86. The van der Waals surface area contributed by atoms with E-state index in [9.17, 15) is 22.7 Å². The van der Waals surface area contributed by atoms with Crippen LogP contribution in [-0.4, -0.2) is 36.1 Å². The van der Waals surface area contributed by atoms with Gasteiger partial charge >= 0.3 is 0 Å². The number of aliphatic hydroxyl groups is 1. The number of halogens is 2. The topological polar surface area (TPSA) is 97.6 Å². The number of nitrogens with zero attached hydrogens (tertiary/aromatic N) is 1. The Bertz CT molecular complexity index is 1150. The van der Waals surface area contributed by atoms with E-state index in [0.717, 1.165) is 9.99 Å². The van der Waals surface area contributed by atoms with E-state index in [1.807, 2.05) is 22.6 Å². The number of sulfonamides is 1. The number of anilines is 1. The van der Waals surface area contributed by atoms with Crippen molar-refractivity contribution in [1.82, 2.24) is 4.57 Å². The molecule has 1 aromatic carbocycles. The number of rotatable bonds is 10. The number of aromatic nitrogens is 1. The van der Waals surface area contributed by atoms with Gasteiger partial charge in [-0.1, -0.05) is 12.5 Å². The van der Waals surface area contributed by atoms with Crippen molar-refractivity contribution in [2.75, 3.05) is 17.9 Å². The van der Waals surface area contributed by atoms with Gasteiger partial charge < -0.3 is 14.4 Å². The summed E-state index contributed by atoms with van der Waals surface area (Å²) in [5, 5.41) is 9.42. The summed E-state index contributed by atoms with van der Waals surface area (Å²) >= 11 is 2.01. The monoisotopic (exact) mass is 578 g/mol. The van der Waals surface area contributed by atoms with Crippen LogP contribution in [0.2, 0.25) is 0 Å². The van der Waals surface area contributed by atoms with Crippen molar-refractivity contribution in [3.8, 4) is 0 Å². The quantitative estimate of drug-likeness (QED) is 0.422. The molecule has 32 heavy (non-hydrogen) atoms. The maximum Gasteiger partial charge on any atom is 0.256 e. The number of hydrogen-bond donors (Lipinski definition) is 2. The average Bonchev–Trinajstić information content (AvgIpc) is 2.70. The molecule has 2 aromatic rings. The third-order valence-corrected chi connectivity index (χ3v) is 9.01. The van der Waals surface area contributed by atoms with Gasteiger partial charge in [-0.15, -0.1) is 0 Å². The SMILES string of the molecule is CCOCc1cc(NS(=O)(=O)C2(CCO)CCC2)c(Cc2ccc(I)cc2F)n(C)c1=O. The molecule has 0 atom stereocenters. The van der Waals surface area contributed by atoms with Crippen LogP contribution in [0.1, 0.15) is 49.4 Å². The Hall–Kier alpha value is -1.50. The first kappa shape index (κ1) is 25.1. The number of hydrogen-bond acceptors (Lipinski definition) is 5. The number of ether oxygens (including phenoxy) is 1. The summed E-state index contributed by atoms with van der Waals surface area (Å²) in [5.41, 5.74) is 0.924. The summed E-state index contributed by atoms with van der Waals surface area (Å²) < 4.78 is 50.3. The van der Waals surface area contributed by atoms with E-state index in [-0.39, 0.29) is 37.3 Å². The number of nitrogens with one attached hydrogen (secondary N) is 1. The summed E-state index contributed by atoms with van der Waals surface area (Å²) in [4.78, 5) is 12.9. The molecule has 0 radical (unpaired) electrons. The van der Waals surface area contributed by atoms with Gasteiger partial charge in [-0.2, -0.15) is 0 Å². The summed E-state index contributed by atoms with van der Waals surface area (Å²) in [6.45, 7) is 2.01. The van der Waals surface area contributed by atoms with Crippen LogP contribution in [0.4, 0.5) is 10.1 Å². The zero-order chi connectivity index (χ0) is 23.5. The van der Waals surface area contributed by atoms with E-state index >= 15 is 0 Å². The summed E-state index contributed by atoms with van der Waals surface area (Å²) in [7, 11) is -2.32. The Morgan fingerprint density at radius 3 is 2.56 bits per heavy atom. The molecule has 1 aliphatic rings. The molecule has 7 nitrogen and oxygen atoms in total. The van der Waals surface area contributed by atoms with Crippen LogP contribution < -0.4 is 10.3 Å². The van der Waals surface area contributed by atoms with Gasteiger partial charge in [0.1, 0.15) is 5.82 Å². The van der Waals surface area contributed by atoms with Gasteiger partial charge in [0.05, 0.1) is 17.0 Å². The van der Waals surface area contributed by atoms with Crippen molar-refractivity contribution in [3.63, 3.8) is 0 Å². The molecular weight excluding hydrogens is 550 g/mol. The first-order valence-corrected chi connectivity index (χ1v) is 13.1. The highest BCUT2D eigenvalue weighted by Gasteiger charge is 2.48. The normalized spacial score (nSPS) is 15.4. The Morgan fingerprint density at radius 1 is 1.28 bits per heavy atom. The molecule has 1 aromatic heterocycles. The second kappa shape index (κ2) is 10.2. The van der Waals surface area contributed by atoms with Gasteiger partial charge in [0.25, 0.3) is 5.56 Å². The van der Waals surface area contributed by atoms with E-state index in [1.165, 1.54) is 16.7 Å². The molecule has 1 aliphatic carbocycles. The Morgan fingerprint density at radius 2 is 2.00 bits per heavy atom. The zero-order valence-electron chi connectivity index (χ0n) is 18.2. The van der Waals surface area contributed by atoms with E-state index in [4.69, 9.17) is 4.74 Å². The maximum absolute atomic E-state index is 14.6. The smallest absolute Gasteiger partial charge is 0.256 e. The van der Waals surface area contributed by atoms with Crippen LogP contribution in [0.15, 0.2) is 29.1 Å². The minimum absolute atomic E-state index is 0.0360. The van der Waals surface area contributed by atoms with Crippen molar-refractivity contribution >= 4 is 38.3 Å². The molecule has 176 valence electrons. The summed E-state index contributed by atoms with van der Waals surface area (Å²) in [6, 6.07) is 6.27. The van der Waals surface area contributed by atoms with Crippen LogP contribution >= 0.6 is 22.6 Å². The molecule has 1 fully saturated rings. The van der Waals surface area contributed by atoms with Crippen LogP contribution in [0.25, 0.3) is 0 Å². The molecule has 0 spiro atoms. The molecule has 0 unspecified atom stereocenters. The van der Waals surface area contributed by atoms with Crippen molar-refractivity contribution in [2.24, 2.45) is 7.05 Å². The highest BCUT2D eigenvalue weighted by Crippen LogP contribution is 2.43. The van der Waals surface area contributed by atoms with E-state index < -0.39 is 20.6 Å². The van der Waals surface area contributed by atoms with Crippen molar-refractivity contribution in [1.29, 1.82) is 0 Å². The molecule has 1 heterocycles.